The van der Waals surface area contributed by atoms with Gasteiger partial charge < -0.3 is 28.6 Å². The Morgan fingerprint density at radius 2 is 1.50 bits per heavy atom. The predicted octanol–water partition coefficient (Wildman–Crippen LogP) is 9.85. The van der Waals surface area contributed by atoms with Crippen LogP contribution >= 0.6 is 0 Å². The fraction of sp³-hybridized carbons (Fsp3) is 0.605. The molecule has 0 spiro atoms. The Labute approximate surface area is 310 Å². The summed E-state index contributed by atoms with van der Waals surface area (Å²) in [5, 5.41) is 10.8. The molecule has 0 saturated carbocycles. The minimum atomic E-state index is -0.568. The van der Waals surface area contributed by atoms with Crippen LogP contribution in [0.3, 0.4) is 0 Å². The Morgan fingerprint density at radius 1 is 0.827 bits per heavy atom. The Hall–Kier alpha value is -3.69. The van der Waals surface area contributed by atoms with Crippen LogP contribution in [0.15, 0.2) is 51.7 Å². The number of aliphatic hydroxyl groups is 1. The normalized spacial score (nSPS) is 12.2. The van der Waals surface area contributed by atoms with Gasteiger partial charge in [0, 0.05) is 49.3 Å². The lowest BCUT2D eigenvalue weighted by Crippen LogP contribution is -2.27. The molecular weight excluding hydrogens is 656 g/mol. The third-order valence-electron chi connectivity index (χ3n) is 9.78. The van der Waals surface area contributed by atoms with Crippen LogP contribution in [0.25, 0.3) is 33.3 Å². The molecule has 286 valence electrons. The number of nitrogens with zero attached hydrogens (tertiary/aromatic N) is 2. The second kappa shape index (κ2) is 23.1. The summed E-state index contributed by atoms with van der Waals surface area (Å²) < 4.78 is 23.6. The molecule has 0 fully saturated rings. The van der Waals surface area contributed by atoms with Crippen molar-refractivity contribution in [1.82, 2.24) is 4.98 Å². The van der Waals surface area contributed by atoms with E-state index in [1.54, 1.807) is 6.07 Å². The summed E-state index contributed by atoms with van der Waals surface area (Å²) in [6.45, 7) is 9.48. The van der Waals surface area contributed by atoms with Gasteiger partial charge in [0.15, 0.2) is 16.8 Å². The van der Waals surface area contributed by atoms with Gasteiger partial charge in [-0.25, -0.2) is 4.98 Å². The Morgan fingerprint density at radius 3 is 2.19 bits per heavy atom. The van der Waals surface area contributed by atoms with Crippen molar-refractivity contribution in [1.29, 1.82) is 0 Å². The van der Waals surface area contributed by atoms with Crippen LogP contribution in [0.1, 0.15) is 124 Å². The van der Waals surface area contributed by atoms with Crippen molar-refractivity contribution in [2.24, 2.45) is 0 Å². The van der Waals surface area contributed by atoms with E-state index in [9.17, 15) is 14.7 Å². The molecule has 2 aliphatic rings. The number of unbranched alkanes of at least 4 members (excludes halogenated alkanes) is 13. The number of esters is 1. The van der Waals surface area contributed by atoms with Crippen molar-refractivity contribution in [3.05, 3.63) is 52.7 Å². The van der Waals surface area contributed by atoms with E-state index in [1.807, 2.05) is 30.3 Å². The molecule has 1 heterocycles. The monoisotopic (exact) mass is 718 g/mol. The molecule has 1 N–H and O–H groups in total. The largest absolute Gasteiger partial charge is 0.493 e. The zero-order valence-electron chi connectivity index (χ0n) is 32.0. The van der Waals surface area contributed by atoms with Crippen LogP contribution in [0, 0.1) is 0 Å². The third-order valence-corrected chi connectivity index (χ3v) is 9.78. The topological polar surface area (TPSA) is 111 Å². The molecule has 0 radical (unpaired) electrons. The first-order chi connectivity index (χ1) is 25.5. The number of aromatic nitrogens is 1. The maximum Gasteiger partial charge on any atom is 0.306 e. The molecule has 9 nitrogen and oxygen atoms in total. The zero-order valence-corrected chi connectivity index (χ0v) is 32.0. The smallest absolute Gasteiger partial charge is 0.306 e. The molecule has 0 unspecified atom stereocenters. The Balaban J connectivity index is 1.09. The molecule has 52 heavy (non-hydrogen) atoms. The number of carbonyl (C=O) groups is 1. The molecule has 1 atom stereocenters. The number of hydrogen-bond acceptors (Lipinski definition) is 9. The molecule has 0 saturated heterocycles. The summed E-state index contributed by atoms with van der Waals surface area (Å²) in [5.41, 5.74) is 3.03. The van der Waals surface area contributed by atoms with Gasteiger partial charge in [-0.3, -0.25) is 9.59 Å². The lowest BCUT2D eigenvalue weighted by Gasteiger charge is -2.21. The van der Waals surface area contributed by atoms with Gasteiger partial charge in [-0.15, -0.1) is 0 Å². The number of fused-ring (bicyclic) bond motifs is 4. The fourth-order valence-electron chi connectivity index (χ4n) is 6.74. The van der Waals surface area contributed by atoms with Gasteiger partial charge in [-0.1, -0.05) is 96.1 Å². The summed E-state index contributed by atoms with van der Waals surface area (Å²) in [4.78, 5) is 32.3. The standard InChI is InChI=1S/C43H62N2O7/c1-4-7-8-15-18-24-41(48)51-34(31-46)32-49-27-19-16-13-11-9-10-12-14-17-20-28-50-38-23-21-22-35-37(47)30-40-43(42(35)38)44-36-26-25-33(29-39(36)52-40)45(5-2)6-3/h21-23,25-26,29-30,34,46H,4-20,24,27-28,31-32H2,1-3H3/t34-/m0/s1. The molecule has 0 bridgehead atoms. The van der Waals surface area contributed by atoms with E-state index in [1.165, 1.54) is 51.4 Å². The van der Waals surface area contributed by atoms with Gasteiger partial charge in [0.2, 0.25) is 0 Å². The maximum atomic E-state index is 13.1. The van der Waals surface area contributed by atoms with Crippen LogP contribution in [0.5, 0.6) is 5.75 Å². The van der Waals surface area contributed by atoms with Gasteiger partial charge >= 0.3 is 5.97 Å². The lowest BCUT2D eigenvalue weighted by molar-refractivity contribution is -0.154. The number of rotatable bonds is 27. The second-order valence-corrected chi connectivity index (χ2v) is 13.9. The minimum absolute atomic E-state index is 0.0968. The summed E-state index contributed by atoms with van der Waals surface area (Å²) in [6, 6.07) is 13.2. The molecule has 1 aliphatic heterocycles. The lowest BCUT2D eigenvalue weighted by atomic mass is 10.0. The van der Waals surface area contributed by atoms with Crippen molar-refractivity contribution in [3.8, 4) is 17.2 Å². The summed E-state index contributed by atoms with van der Waals surface area (Å²) >= 11 is 0. The average Bonchev–Trinajstić information content (AvgIpc) is 3.15. The molecule has 2 aromatic carbocycles. The summed E-state index contributed by atoms with van der Waals surface area (Å²) in [7, 11) is 0. The van der Waals surface area contributed by atoms with Crippen LogP contribution in [-0.2, 0) is 14.3 Å². The third kappa shape index (κ3) is 12.8. The molecule has 2 aromatic rings. The molecule has 9 heteroatoms. The van der Waals surface area contributed by atoms with E-state index >= 15 is 0 Å². The highest BCUT2D eigenvalue weighted by atomic mass is 16.6. The molecule has 4 rings (SSSR count). The highest BCUT2D eigenvalue weighted by molar-refractivity contribution is 6.00. The highest BCUT2D eigenvalue weighted by Gasteiger charge is 2.20. The molecular formula is C43H62N2O7. The summed E-state index contributed by atoms with van der Waals surface area (Å²) in [5.74, 6) is 0.906. The van der Waals surface area contributed by atoms with E-state index in [0.717, 1.165) is 69.2 Å². The first-order valence-corrected chi connectivity index (χ1v) is 20.0. The highest BCUT2D eigenvalue weighted by Crippen LogP contribution is 2.36. The fourth-order valence-corrected chi connectivity index (χ4v) is 6.74. The SMILES string of the molecule is CCCCCCCC(=O)O[C@@H](CO)COCCCCCCCCCCCCOc1cccc2c(=O)cc3oc4cc(N(CC)CC)ccc4nc-3c12. The number of ether oxygens (including phenoxy) is 3. The predicted molar refractivity (Wildman–Crippen MR) is 211 cm³/mol. The van der Waals surface area contributed by atoms with Crippen molar-refractivity contribution >= 4 is 33.5 Å². The molecule has 0 aromatic heterocycles. The van der Waals surface area contributed by atoms with Crippen molar-refractivity contribution < 1.29 is 28.5 Å². The Bertz CT molecular complexity index is 1650. The first-order valence-electron chi connectivity index (χ1n) is 20.0. The number of anilines is 1. The number of aliphatic hydroxyl groups excluding tert-OH is 1. The average molecular weight is 719 g/mol. The van der Waals surface area contributed by atoms with Crippen molar-refractivity contribution in [2.75, 3.05) is 44.4 Å². The Kier molecular flexibility index (Phi) is 18.2. The van der Waals surface area contributed by atoms with Gasteiger partial charge in [0.1, 0.15) is 23.1 Å². The van der Waals surface area contributed by atoms with E-state index in [2.05, 4.69) is 31.7 Å². The quantitative estimate of drug-likeness (QED) is 0.0279. The van der Waals surface area contributed by atoms with Crippen LogP contribution in [0.4, 0.5) is 5.69 Å². The van der Waals surface area contributed by atoms with Crippen molar-refractivity contribution in [2.45, 2.75) is 130 Å². The van der Waals surface area contributed by atoms with E-state index in [4.69, 9.17) is 23.6 Å². The maximum absolute atomic E-state index is 13.1. The van der Waals surface area contributed by atoms with E-state index < -0.39 is 6.10 Å². The number of hydrogen-bond donors (Lipinski definition) is 1. The van der Waals surface area contributed by atoms with Gasteiger partial charge in [0.05, 0.1) is 25.2 Å². The first kappa shape index (κ1) is 41.1. The number of carbonyl (C=O) groups excluding carboxylic acids is 1. The second-order valence-electron chi connectivity index (χ2n) is 13.9. The van der Waals surface area contributed by atoms with Gasteiger partial charge in [-0.2, -0.15) is 0 Å². The minimum Gasteiger partial charge on any atom is -0.493 e. The zero-order chi connectivity index (χ0) is 37.0. The number of benzene rings is 3. The van der Waals surface area contributed by atoms with Crippen molar-refractivity contribution in [3.63, 3.8) is 0 Å². The molecule has 1 aliphatic carbocycles. The van der Waals surface area contributed by atoms with Crippen LogP contribution < -0.4 is 15.1 Å². The van der Waals surface area contributed by atoms with Crippen LogP contribution in [-0.4, -0.2) is 61.7 Å². The van der Waals surface area contributed by atoms with Crippen LogP contribution in [0.2, 0.25) is 0 Å². The summed E-state index contributed by atoms with van der Waals surface area (Å²) in [6.07, 6.45) is 16.7. The van der Waals surface area contributed by atoms with E-state index in [-0.39, 0.29) is 24.6 Å². The van der Waals surface area contributed by atoms with Gasteiger partial charge in [-0.05, 0) is 51.3 Å². The van der Waals surface area contributed by atoms with Gasteiger partial charge in [0.25, 0.3) is 0 Å². The van der Waals surface area contributed by atoms with E-state index in [0.29, 0.717) is 53.2 Å². The molecule has 0 amide bonds.